The number of nitrogens with two attached hydrogens (primary N) is 1. The lowest BCUT2D eigenvalue weighted by Gasteiger charge is -2.09. The Bertz CT molecular complexity index is 613. The third-order valence-electron chi connectivity index (χ3n) is 3.21. The first kappa shape index (κ1) is 11.3. The molecule has 0 amide bonds. The lowest BCUT2D eigenvalue weighted by atomic mass is 10.1. The van der Waals surface area contributed by atoms with Crippen LogP contribution >= 0.6 is 12.2 Å². The van der Waals surface area contributed by atoms with E-state index in [0.29, 0.717) is 10.9 Å². The van der Waals surface area contributed by atoms with E-state index in [0.717, 1.165) is 22.6 Å². The summed E-state index contributed by atoms with van der Waals surface area (Å²) in [5, 5.41) is 4.57. The molecule has 3 rings (SSSR count). The van der Waals surface area contributed by atoms with Gasteiger partial charge in [-0.3, -0.25) is 0 Å². The fraction of sp³-hybridized carbons (Fsp3) is 0.308. The highest BCUT2D eigenvalue weighted by Gasteiger charge is 2.26. The Labute approximate surface area is 111 Å². The highest BCUT2D eigenvalue weighted by molar-refractivity contribution is 7.80. The molecule has 1 aliphatic rings. The zero-order chi connectivity index (χ0) is 12.7. The predicted octanol–water partition coefficient (Wildman–Crippen LogP) is 2.09. The van der Waals surface area contributed by atoms with Gasteiger partial charge in [0.05, 0.1) is 11.3 Å². The average Bonchev–Trinajstić information content (AvgIpc) is 3.06. The number of hydrogen-bond donors (Lipinski definition) is 1. The minimum atomic E-state index is 0.360. The smallest absolute Gasteiger partial charge is 0.163 e. The van der Waals surface area contributed by atoms with Crippen LogP contribution in [0.15, 0.2) is 24.5 Å². The molecule has 2 N–H and O–H groups in total. The Morgan fingerprint density at radius 1 is 1.44 bits per heavy atom. The molecule has 0 atom stereocenters. The number of pyridine rings is 1. The van der Waals surface area contributed by atoms with Crippen LogP contribution in [0.1, 0.15) is 35.6 Å². The minimum absolute atomic E-state index is 0.360. The van der Waals surface area contributed by atoms with Crippen molar-refractivity contribution in [3.05, 3.63) is 41.3 Å². The zero-order valence-corrected chi connectivity index (χ0v) is 10.9. The van der Waals surface area contributed by atoms with Gasteiger partial charge in [-0.25, -0.2) is 9.67 Å². The molecule has 1 fully saturated rings. The van der Waals surface area contributed by atoms with Crippen molar-refractivity contribution >= 4 is 17.2 Å². The number of hydrogen-bond acceptors (Lipinski definition) is 3. The Morgan fingerprint density at radius 2 is 2.22 bits per heavy atom. The van der Waals surface area contributed by atoms with Crippen molar-refractivity contribution in [3.63, 3.8) is 0 Å². The predicted molar refractivity (Wildman–Crippen MR) is 74.0 cm³/mol. The third kappa shape index (κ3) is 1.90. The van der Waals surface area contributed by atoms with E-state index < -0.39 is 0 Å². The molecule has 5 heteroatoms. The van der Waals surface area contributed by atoms with Crippen molar-refractivity contribution in [1.82, 2.24) is 14.8 Å². The summed E-state index contributed by atoms with van der Waals surface area (Å²) in [7, 11) is 0. The van der Waals surface area contributed by atoms with Crippen molar-refractivity contribution < 1.29 is 0 Å². The van der Waals surface area contributed by atoms with Crippen LogP contribution in [0.5, 0.6) is 0 Å². The molecule has 2 aromatic heterocycles. The van der Waals surface area contributed by atoms with Gasteiger partial charge in [0.1, 0.15) is 4.99 Å². The molecule has 2 heterocycles. The highest BCUT2D eigenvalue weighted by Crippen LogP contribution is 2.39. The normalized spacial score (nSPS) is 14.7. The summed E-state index contributed by atoms with van der Waals surface area (Å²) in [6, 6.07) is 3.95. The largest absolute Gasteiger partial charge is 0.389 e. The van der Waals surface area contributed by atoms with E-state index >= 15 is 0 Å². The summed E-state index contributed by atoms with van der Waals surface area (Å²) in [6.07, 6.45) is 6.16. The monoisotopic (exact) mass is 258 g/mol. The summed E-state index contributed by atoms with van der Waals surface area (Å²) in [5.74, 6) is 1.35. The van der Waals surface area contributed by atoms with Crippen LogP contribution in [0.4, 0.5) is 0 Å². The Morgan fingerprint density at radius 3 is 2.89 bits per heavy atom. The van der Waals surface area contributed by atoms with Crippen molar-refractivity contribution in [1.29, 1.82) is 0 Å². The van der Waals surface area contributed by atoms with Crippen LogP contribution in [0, 0.1) is 6.92 Å². The number of aromatic nitrogens is 3. The van der Waals surface area contributed by atoms with Crippen molar-refractivity contribution in [2.24, 2.45) is 5.73 Å². The summed E-state index contributed by atoms with van der Waals surface area (Å²) < 4.78 is 1.77. The van der Waals surface area contributed by atoms with E-state index in [2.05, 4.69) is 10.1 Å². The van der Waals surface area contributed by atoms with E-state index in [9.17, 15) is 0 Å². The Hall–Kier alpha value is -1.75. The van der Waals surface area contributed by atoms with Crippen molar-refractivity contribution in [2.75, 3.05) is 0 Å². The van der Waals surface area contributed by atoms with Crippen molar-refractivity contribution in [2.45, 2.75) is 25.7 Å². The van der Waals surface area contributed by atoms with Crippen LogP contribution < -0.4 is 5.73 Å². The second-order valence-corrected chi connectivity index (χ2v) is 5.09. The topological polar surface area (TPSA) is 56.7 Å². The second kappa shape index (κ2) is 4.17. The van der Waals surface area contributed by atoms with E-state index in [4.69, 9.17) is 18.0 Å². The molecule has 0 bridgehead atoms. The molecule has 0 radical (unpaired) electrons. The van der Waals surface area contributed by atoms with E-state index in [1.807, 2.05) is 25.3 Å². The second-order valence-electron chi connectivity index (χ2n) is 4.65. The third-order valence-corrected chi connectivity index (χ3v) is 3.41. The molecule has 0 aromatic carbocycles. The minimum Gasteiger partial charge on any atom is -0.389 e. The molecule has 0 aliphatic heterocycles. The molecule has 0 spiro atoms. The summed E-state index contributed by atoms with van der Waals surface area (Å²) in [6.45, 7) is 1.98. The van der Waals surface area contributed by atoms with Gasteiger partial charge in [-0.1, -0.05) is 12.2 Å². The first-order valence-electron chi connectivity index (χ1n) is 5.98. The maximum atomic E-state index is 5.78. The maximum absolute atomic E-state index is 5.78. The molecule has 18 heavy (non-hydrogen) atoms. The summed E-state index contributed by atoms with van der Waals surface area (Å²) in [5.41, 5.74) is 8.74. The number of nitrogens with zero attached hydrogens (tertiary/aromatic N) is 3. The number of aryl methyl sites for hydroxylation is 1. The standard InChI is InChI=1S/C13H14N4S/c1-8-4-6-15-13(11(8)12(14)18)17-7-5-10(16-17)9-2-3-9/h4-7,9H,2-3H2,1H3,(H2,14,18). The molecular formula is C13H14N4S. The molecule has 1 saturated carbocycles. The van der Waals surface area contributed by atoms with Gasteiger partial charge < -0.3 is 5.73 Å². The SMILES string of the molecule is Cc1ccnc(-n2ccc(C3CC3)n2)c1C(N)=S. The van der Waals surface area contributed by atoms with Crippen LogP contribution in [-0.2, 0) is 0 Å². The van der Waals surface area contributed by atoms with Gasteiger partial charge >= 0.3 is 0 Å². The van der Waals surface area contributed by atoms with Gasteiger partial charge in [0, 0.05) is 18.3 Å². The van der Waals surface area contributed by atoms with Crippen LogP contribution in [0.3, 0.4) is 0 Å². The molecule has 2 aromatic rings. The lowest BCUT2D eigenvalue weighted by molar-refractivity contribution is 0.810. The molecular weight excluding hydrogens is 244 g/mol. The molecule has 0 unspecified atom stereocenters. The fourth-order valence-electron chi connectivity index (χ4n) is 2.07. The van der Waals surface area contributed by atoms with Gasteiger partial charge in [-0.2, -0.15) is 5.10 Å². The van der Waals surface area contributed by atoms with Crippen LogP contribution in [-0.4, -0.2) is 19.8 Å². The van der Waals surface area contributed by atoms with Gasteiger partial charge in [-0.15, -0.1) is 0 Å². The summed E-state index contributed by atoms with van der Waals surface area (Å²) in [4.78, 5) is 4.72. The number of thiocarbonyl (C=S) groups is 1. The number of rotatable bonds is 3. The van der Waals surface area contributed by atoms with Gasteiger partial charge in [-0.05, 0) is 37.5 Å². The zero-order valence-electron chi connectivity index (χ0n) is 10.1. The van der Waals surface area contributed by atoms with Gasteiger partial charge in [0.2, 0.25) is 0 Å². The van der Waals surface area contributed by atoms with Crippen LogP contribution in [0.25, 0.3) is 5.82 Å². The van der Waals surface area contributed by atoms with E-state index in [1.165, 1.54) is 12.8 Å². The molecule has 4 nitrogen and oxygen atoms in total. The first-order valence-corrected chi connectivity index (χ1v) is 6.39. The van der Waals surface area contributed by atoms with Gasteiger partial charge in [0.15, 0.2) is 5.82 Å². The lowest BCUT2D eigenvalue weighted by Crippen LogP contribution is -2.16. The van der Waals surface area contributed by atoms with E-state index in [-0.39, 0.29) is 0 Å². The quantitative estimate of drug-likeness (QED) is 0.856. The molecule has 92 valence electrons. The highest BCUT2D eigenvalue weighted by atomic mass is 32.1. The molecule has 0 saturated heterocycles. The first-order chi connectivity index (χ1) is 8.66. The van der Waals surface area contributed by atoms with Crippen LogP contribution in [0.2, 0.25) is 0 Å². The Balaban J connectivity index is 2.09. The summed E-state index contributed by atoms with van der Waals surface area (Å²) >= 11 is 5.10. The Kier molecular flexibility index (Phi) is 2.63. The van der Waals surface area contributed by atoms with Gasteiger partial charge in [0.25, 0.3) is 0 Å². The van der Waals surface area contributed by atoms with Crippen molar-refractivity contribution in [3.8, 4) is 5.82 Å². The average molecular weight is 258 g/mol. The van der Waals surface area contributed by atoms with E-state index in [1.54, 1.807) is 10.9 Å². The molecule has 1 aliphatic carbocycles. The fourth-order valence-corrected chi connectivity index (χ4v) is 2.33. The maximum Gasteiger partial charge on any atom is 0.163 e.